The Morgan fingerprint density at radius 2 is 2.04 bits per heavy atom. The van der Waals surface area contributed by atoms with Gasteiger partial charge in [0.1, 0.15) is 5.82 Å². The van der Waals surface area contributed by atoms with E-state index in [9.17, 15) is 0 Å². The molecule has 4 nitrogen and oxygen atoms in total. The number of benzene rings is 1. The highest BCUT2D eigenvalue weighted by Crippen LogP contribution is 2.24. The van der Waals surface area contributed by atoms with Crippen LogP contribution in [-0.4, -0.2) is 26.4 Å². The first-order valence-corrected chi connectivity index (χ1v) is 8.63. The number of H-pyrrole nitrogens is 1. The first-order chi connectivity index (χ1) is 11.5. The Labute approximate surface area is 142 Å². The van der Waals surface area contributed by atoms with Crippen LogP contribution in [0.2, 0.25) is 0 Å². The molecule has 0 aliphatic carbocycles. The lowest BCUT2D eigenvalue weighted by atomic mass is 9.95. The summed E-state index contributed by atoms with van der Waals surface area (Å²) in [5.74, 6) is 0.949. The Hall–Kier alpha value is -2.20. The zero-order valence-corrected chi connectivity index (χ0v) is 14.6. The zero-order valence-electron chi connectivity index (χ0n) is 14.6. The van der Waals surface area contributed by atoms with Gasteiger partial charge in [-0.25, -0.2) is 9.97 Å². The molecule has 1 aliphatic heterocycles. The van der Waals surface area contributed by atoms with Crippen LogP contribution in [0.25, 0.3) is 10.9 Å². The normalized spacial score (nSPS) is 15.6. The zero-order chi connectivity index (χ0) is 16.7. The van der Waals surface area contributed by atoms with Crippen LogP contribution in [0.4, 0.5) is 0 Å². The molecule has 2 aromatic heterocycles. The van der Waals surface area contributed by atoms with E-state index in [4.69, 9.17) is 4.98 Å². The Morgan fingerprint density at radius 1 is 1.21 bits per heavy atom. The maximum atomic E-state index is 4.82. The number of fused-ring (bicyclic) bond motifs is 2. The summed E-state index contributed by atoms with van der Waals surface area (Å²) in [7, 11) is 0. The molecule has 1 N–H and O–H groups in total. The number of hydrogen-bond acceptors (Lipinski definition) is 3. The summed E-state index contributed by atoms with van der Waals surface area (Å²) in [5, 5.41) is 1.28. The first kappa shape index (κ1) is 15.3. The van der Waals surface area contributed by atoms with Crippen molar-refractivity contribution in [2.75, 3.05) is 6.54 Å². The maximum absolute atomic E-state index is 4.82. The van der Waals surface area contributed by atoms with Crippen LogP contribution in [0.15, 0.2) is 36.5 Å². The molecule has 24 heavy (non-hydrogen) atoms. The molecule has 3 heterocycles. The van der Waals surface area contributed by atoms with E-state index in [0.29, 0.717) is 0 Å². The number of aromatic nitrogens is 3. The van der Waals surface area contributed by atoms with Gasteiger partial charge in [0, 0.05) is 60.1 Å². The summed E-state index contributed by atoms with van der Waals surface area (Å²) in [6.45, 7) is 9.41. The molecule has 4 rings (SSSR count). The van der Waals surface area contributed by atoms with Gasteiger partial charge < -0.3 is 4.98 Å². The fourth-order valence-corrected chi connectivity index (χ4v) is 3.33. The number of aromatic amines is 1. The largest absolute Gasteiger partial charge is 0.357 e. The predicted octanol–water partition coefficient (Wildman–Crippen LogP) is 3.81. The topological polar surface area (TPSA) is 44.8 Å². The fourth-order valence-electron chi connectivity index (χ4n) is 3.33. The second-order valence-corrected chi connectivity index (χ2v) is 7.76. The van der Waals surface area contributed by atoms with E-state index in [1.165, 1.54) is 27.9 Å². The lowest BCUT2D eigenvalue weighted by Gasteiger charge is -2.28. The highest BCUT2D eigenvalue weighted by atomic mass is 15.1. The minimum Gasteiger partial charge on any atom is -0.357 e. The standard InChI is InChI=1S/C20H24N4/c1-20(2,3)19-21-11-15-12-24(9-8-18(15)23-19)13-16-10-14-6-4-5-7-17(14)22-16/h4-7,10-11,22H,8-9,12-13H2,1-3H3. The van der Waals surface area contributed by atoms with Crippen LogP contribution < -0.4 is 0 Å². The van der Waals surface area contributed by atoms with Crippen molar-refractivity contribution >= 4 is 10.9 Å². The number of para-hydroxylation sites is 1. The van der Waals surface area contributed by atoms with E-state index in [-0.39, 0.29) is 5.41 Å². The van der Waals surface area contributed by atoms with E-state index in [2.05, 4.69) is 66.0 Å². The average molecular weight is 320 g/mol. The van der Waals surface area contributed by atoms with Crippen molar-refractivity contribution in [3.63, 3.8) is 0 Å². The van der Waals surface area contributed by atoms with Gasteiger partial charge in [0.25, 0.3) is 0 Å². The summed E-state index contributed by atoms with van der Waals surface area (Å²) in [4.78, 5) is 15.4. The van der Waals surface area contributed by atoms with Crippen molar-refractivity contribution in [2.24, 2.45) is 0 Å². The summed E-state index contributed by atoms with van der Waals surface area (Å²) < 4.78 is 0. The van der Waals surface area contributed by atoms with Crippen LogP contribution >= 0.6 is 0 Å². The van der Waals surface area contributed by atoms with E-state index >= 15 is 0 Å². The van der Waals surface area contributed by atoms with Gasteiger partial charge in [-0.2, -0.15) is 0 Å². The average Bonchev–Trinajstić information content (AvgIpc) is 2.95. The van der Waals surface area contributed by atoms with Gasteiger partial charge in [0.2, 0.25) is 0 Å². The third-order valence-corrected chi connectivity index (χ3v) is 4.66. The molecular weight excluding hydrogens is 296 g/mol. The number of rotatable bonds is 2. The van der Waals surface area contributed by atoms with E-state index in [1.807, 2.05) is 6.20 Å². The third kappa shape index (κ3) is 2.94. The minimum absolute atomic E-state index is 0.0104. The molecule has 0 spiro atoms. The predicted molar refractivity (Wildman–Crippen MR) is 96.8 cm³/mol. The van der Waals surface area contributed by atoms with Gasteiger partial charge in [0.05, 0.1) is 0 Å². The Bertz CT molecular complexity index is 840. The molecule has 1 aliphatic rings. The molecule has 0 amide bonds. The smallest absolute Gasteiger partial charge is 0.133 e. The molecule has 0 saturated carbocycles. The van der Waals surface area contributed by atoms with Crippen molar-refractivity contribution in [2.45, 2.75) is 45.7 Å². The molecule has 0 radical (unpaired) electrons. The molecule has 0 atom stereocenters. The molecule has 3 aromatic rings. The van der Waals surface area contributed by atoms with E-state index < -0.39 is 0 Å². The molecule has 0 bridgehead atoms. The van der Waals surface area contributed by atoms with Gasteiger partial charge >= 0.3 is 0 Å². The van der Waals surface area contributed by atoms with Crippen LogP contribution in [0.1, 0.15) is 43.5 Å². The number of nitrogens with zero attached hydrogens (tertiary/aromatic N) is 3. The molecule has 1 aromatic carbocycles. The van der Waals surface area contributed by atoms with Crippen molar-refractivity contribution in [1.82, 2.24) is 19.9 Å². The second kappa shape index (κ2) is 5.71. The number of nitrogens with one attached hydrogen (secondary N) is 1. The molecular formula is C20H24N4. The van der Waals surface area contributed by atoms with Crippen LogP contribution in [0, 0.1) is 0 Å². The van der Waals surface area contributed by atoms with Gasteiger partial charge in [-0.3, -0.25) is 4.90 Å². The summed E-state index contributed by atoms with van der Waals surface area (Å²) >= 11 is 0. The SMILES string of the molecule is CC(C)(C)c1ncc2c(n1)CCN(Cc1cc3ccccc3[nH]1)C2. The summed E-state index contributed by atoms with van der Waals surface area (Å²) in [5.41, 5.74) is 4.99. The van der Waals surface area contributed by atoms with Crippen molar-refractivity contribution < 1.29 is 0 Å². The van der Waals surface area contributed by atoms with E-state index in [1.54, 1.807) is 0 Å². The monoisotopic (exact) mass is 320 g/mol. The Morgan fingerprint density at radius 3 is 2.83 bits per heavy atom. The van der Waals surface area contributed by atoms with Gasteiger partial charge in [-0.15, -0.1) is 0 Å². The molecule has 0 fully saturated rings. The molecule has 0 unspecified atom stereocenters. The van der Waals surface area contributed by atoms with Gasteiger partial charge in [0.15, 0.2) is 0 Å². The van der Waals surface area contributed by atoms with Crippen molar-refractivity contribution in [3.05, 3.63) is 59.3 Å². The molecule has 124 valence electrons. The molecule has 0 saturated heterocycles. The fraction of sp³-hybridized carbons (Fsp3) is 0.400. The molecule has 4 heteroatoms. The van der Waals surface area contributed by atoms with Crippen LogP contribution in [0.3, 0.4) is 0 Å². The third-order valence-electron chi connectivity index (χ3n) is 4.66. The lowest BCUT2D eigenvalue weighted by molar-refractivity contribution is 0.240. The second-order valence-electron chi connectivity index (χ2n) is 7.76. The summed E-state index contributed by atoms with van der Waals surface area (Å²) in [6, 6.07) is 10.7. The van der Waals surface area contributed by atoms with E-state index in [0.717, 1.165) is 31.9 Å². The maximum Gasteiger partial charge on any atom is 0.133 e. The number of hydrogen-bond donors (Lipinski definition) is 1. The van der Waals surface area contributed by atoms with Crippen molar-refractivity contribution in [1.29, 1.82) is 0 Å². The van der Waals surface area contributed by atoms with Crippen LogP contribution in [0.5, 0.6) is 0 Å². The van der Waals surface area contributed by atoms with Gasteiger partial charge in [-0.05, 0) is 17.5 Å². The Kier molecular flexibility index (Phi) is 3.65. The lowest BCUT2D eigenvalue weighted by Crippen LogP contribution is -2.32. The minimum atomic E-state index is 0.0104. The van der Waals surface area contributed by atoms with Gasteiger partial charge in [-0.1, -0.05) is 39.0 Å². The van der Waals surface area contributed by atoms with Crippen molar-refractivity contribution in [3.8, 4) is 0 Å². The Balaban J connectivity index is 1.52. The van der Waals surface area contributed by atoms with Crippen LogP contribution in [-0.2, 0) is 24.9 Å². The quantitative estimate of drug-likeness (QED) is 0.781. The highest BCUT2D eigenvalue weighted by Gasteiger charge is 2.23. The summed E-state index contributed by atoms with van der Waals surface area (Å²) in [6.07, 6.45) is 3.03. The first-order valence-electron chi connectivity index (χ1n) is 8.63. The highest BCUT2D eigenvalue weighted by molar-refractivity contribution is 5.80.